The van der Waals surface area contributed by atoms with Gasteiger partial charge in [-0.2, -0.15) is 10.2 Å². The van der Waals surface area contributed by atoms with E-state index in [1.807, 2.05) is 0 Å². The average molecular weight is 241 g/mol. The second-order valence-electron chi connectivity index (χ2n) is 3.36. The Balaban J connectivity index is 2.40. The van der Waals surface area contributed by atoms with Gasteiger partial charge in [-0.3, -0.25) is 14.9 Å². The molecule has 2 rings (SSSR count). The summed E-state index contributed by atoms with van der Waals surface area (Å²) in [6.45, 7) is 3.29. The predicted octanol–water partition coefficient (Wildman–Crippen LogP) is 0.550. The van der Waals surface area contributed by atoms with E-state index in [9.17, 15) is 8.42 Å². The maximum Gasteiger partial charge on any atom is 0.265 e. The van der Waals surface area contributed by atoms with E-state index in [-0.39, 0.29) is 4.90 Å². The number of sulfonamides is 1. The first-order valence-electron chi connectivity index (χ1n) is 4.54. The Kier molecular flexibility index (Phi) is 2.43. The zero-order valence-electron chi connectivity index (χ0n) is 8.77. The van der Waals surface area contributed by atoms with Crippen molar-refractivity contribution < 1.29 is 8.42 Å². The summed E-state index contributed by atoms with van der Waals surface area (Å²) in [6.07, 6.45) is 2.85. The molecule has 16 heavy (non-hydrogen) atoms. The highest BCUT2D eigenvalue weighted by molar-refractivity contribution is 7.92. The molecule has 86 valence electrons. The van der Waals surface area contributed by atoms with Crippen molar-refractivity contribution in [2.24, 2.45) is 0 Å². The molecule has 3 N–H and O–H groups in total. The molecule has 0 aromatic carbocycles. The first-order chi connectivity index (χ1) is 7.50. The maximum absolute atomic E-state index is 12.0. The van der Waals surface area contributed by atoms with E-state index in [1.54, 1.807) is 13.8 Å². The summed E-state index contributed by atoms with van der Waals surface area (Å²) in [7, 11) is -3.60. The molecular weight excluding hydrogens is 230 g/mol. The minimum Gasteiger partial charge on any atom is -0.284 e. The summed E-state index contributed by atoms with van der Waals surface area (Å²) in [5, 5.41) is 12.7. The normalized spacial score (nSPS) is 11.6. The minimum atomic E-state index is -3.60. The molecule has 2 aromatic heterocycles. The van der Waals surface area contributed by atoms with E-state index in [0.717, 1.165) is 0 Å². The Morgan fingerprint density at radius 2 is 2.12 bits per heavy atom. The number of aromatic nitrogens is 4. The molecule has 2 aromatic rings. The van der Waals surface area contributed by atoms with Crippen LogP contribution in [-0.2, 0) is 10.0 Å². The fourth-order valence-electron chi connectivity index (χ4n) is 1.45. The van der Waals surface area contributed by atoms with Crippen molar-refractivity contribution in [2.45, 2.75) is 18.7 Å². The van der Waals surface area contributed by atoms with Gasteiger partial charge in [0.2, 0.25) is 0 Å². The highest BCUT2D eigenvalue weighted by Crippen LogP contribution is 2.19. The van der Waals surface area contributed by atoms with Crippen LogP contribution >= 0.6 is 0 Å². The van der Waals surface area contributed by atoms with Crippen LogP contribution in [-0.4, -0.2) is 28.8 Å². The van der Waals surface area contributed by atoms with Gasteiger partial charge in [0, 0.05) is 6.20 Å². The van der Waals surface area contributed by atoms with Crippen LogP contribution in [0.5, 0.6) is 0 Å². The Labute approximate surface area is 92.3 Å². The van der Waals surface area contributed by atoms with Crippen LogP contribution in [0.3, 0.4) is 0 Å². The molecule has 2 heterocycles. The van der Waals surface area contributed by atoms with E-state index < -0.39 is 10.0 Å². The molecule has 0 unspecified atom stereocenters. The van der Waals surface area contributed by atoms with Gasteiger partial charge < -0.3 is 0 Å². The van der Waals surface area contributed by atoms with Gasteiger partial charge in [0.1, 0.15) is 4.90 Å². The summed E-state index contributed by atoms with van der Waals surface area (Å²) in [5.74, 6) is 0. The monoisotopic (exact) mass is 241 g/mol. The van der Waals surface area contributed by atoms with Gasteiger partial charge in [-0.1, -0.05) is 0 Å². The summed E-state index contributed by atoms with van der Waals surface area (Å²) >= 11 is 0. The van der Waals surface area contributed by atoms with Crippen molar-refractivity contribution in [1.82, 2.24) is 20.4 Å². The highest BCUT2D eigenvalue weighted by Gasteiger charge is 2.22. The largest absolute Gasteiger partial charge is 0.284 e. The van der Waals surface area contributed by atoms with Crippen molar-refractivity contribution in [3.05, 3.63) is 23.8 Å². The number of hydrogen-bond acceptors (Lipinski definition) is 4. The summed E-state index contributed by atoms with van der Waals surface area (Å²) < 4.78 is 26.4. The third-order valence-corrected chi connectivity index (χ3v) is 3.72. The standard InChI is InChI=1S/C8H11N5O2S/c1-5-8(6(2)12-11-5)16(14,15)13-7-3-9-10-4-7/h3-4,13H,1-2H3,(H,9,10)(H,11,12). The van der Waals surface area contributed by atoms with Gasteiger partial charge >= 0.3 is 0 Å². The Bertz CT molecular complexity index is 564. The van der Waals surface area contributed by atoms with Crippen LogP contribution in [0, 0.1) is 13.8 Å². The van der Waals surface area contributed by atoms with Crippen LogP contribution in [0.4, 0.5) is 5.69 Å². The van der Waals surface area contributed by atoms with Crippen LogP contribution in [0.15, 0.2) is 17.3 Å². The second kappa shape index (κ2) is 3.63. The van der Waals surface area contributed by atoms with Gasteiger partial charge in [0.25, 0.3) is 10.0 Å². The second-order valence-corrected chi connectivity index (χ2v) is 4.97. The predicted molar refractivity (Wildman–Crippen MR) is 57.5 cm³/mol. The Hall–Kier alpha value is -1.83. The molecule has 0 atom stereocenters. The van der Waals surface area contributed by atoms with Crippen LogP contribution < -0.4 is 4.72 Å². The molecule has 0 saturated carbocycles. The number of nitrogens with zero attached hydrogens (tertiary/aromatic N) is 2. The number of anilines is 1. The molecular formula is C8H11N5O2S. The van der Waals surface area contributed by atoms with Gasteiger partial charge in [0.15, 0.2) is 0 Å². The van der Waals surface area contributed by atoms with E-state index in [4.69, 9.17) is 0 Å². The van der Waals surface area contributed by atoms with Gasteiger partial charge in [-0.25, -0.2) is 8.42 Å². The van der Waals surface area contributed by atoms with E-state index >= 15 is 0 Å². The number of H-pyrrole nitrogens is 2. The van der Waals surface area contributed by atoms with Gasteiger partial charge in [-0.05, 0) is 13.8 Å². The molecule has 0 aliphatic rings. The zero-order valence-corrected chi connectivity index (χ0v) is 9.59. The van der Waals surface area contributed by atoms with Gasteiger partial charge in [-0.15, -0.1) is 0 Å². The van der Waals surface area contributed by atoms with E-state index in [2.05, 4.69) is 25.1 Å². The Morgan fingerprint density at radius 1 is 1.38 bits per heavy atom. The topological polar surface area (TPSA) is 104 Å². The highest BCUT2D eigenvalue weighted by atomic mass is 32.2. The number of nitrogens with one attached hydrogen (secondary N) is 3. The van der Waals surface area contributed by atoms with Crippen molar-refractivity contribution in [1.29, 1.82) is 0 Å². The third-order valence-electron chi connectivity index (χ3n) is 2.08. The maximum atomic E-state index is 12.0. The lowest BCUT2D eigenvalue weighted by Crippen LogP contribution is -2.14. The lowest BCUT2D eigenvalue weighted by atomic mass is 10.4. The third kappa shape index (κ3) is 1.78. The van der Waals surface area contributed by atoms with E-state index in [0.29, 0.717) is 17.1 Å². The summed E-state index contributed by atoms with van der Waals surface area (Å²) in [5.41, 5.74) is 1.34. The fourth-order valence-corrected chi connectivity index (χ4v) is 2.86. The molecule has 0 aliphatic carbocycles. The quantitative estimate of drug-likeness (QED) is 0.730. The smallest absolute Gasteiger partial charge is 0.265 e. The molecule has 0 saturated heterocycles. The SMILES string of the molecule is Cc1n[nH]c(C)c1S(=O)(=O)Nc1cn[nH]c1. The lowest BCUT2D eigenvalue weighted by molar-refractivity contribution is 0.600. The molecule has 7 nitrogen and oxygen atoms in total. The molecule has 0 bridgehead atoms. The zero-order chi connectivity index (χ0) is 11.8. The van der Waals surface area contributed by atoms with Crippen LogP contribution in [0.25, 0.3) is 0 Å². The molecule has 0 amide bonds. The van der Waals surface area contributed by atoms with Crippen molar-refractivity contribution in [3.63, 3.8) is 0 Å². The van der Waals surface area contributed by atoms with E-state index in [1.165, 1.54) is 12.4 Å². The van der Waals surface area contributed by atoms with Crippen molar-refractivity contribution in [2.75, 3.05) is 4.72 Å². The first-order valence-corrected chi connectivity index (χ1v) is 6.02. The number of rotatable bonds is 3. The van der Waals surface area contributed by atoms with Crippen molar-refractivity contribution in [3.8, 4) is 0 Å². The minimum absolute atomic E-state index is 0.175. The lowest BCUT2D eigenvalue weighted by Gasteiger charge is -2.05. The Morgan fingerprint density at radius 3 is 2.62 bits per heavy atom. The number of hydrogen-bond donors (Lipinski definition) is 3. The average Bonchev–Trinajstić information content (AvgIpc) is 2.76. The molecule has 8 heteroatoms. The number of aryl methyl sites for hydroxylation is 2. The van der Waals surface area contributed by atoms with Crippen LogP contribution in [0.2, 0.25) is 0 Å². The molecule has 0 aliphatic heterocycles. The summed E-state index contributed by atoms with van der Waals surface area (Å²) in [4.78, 5) is 0.175. The molecule has 0 radical (unpaired) electrons. The van der Waals surface area contributed by atoms with Gasteiger partial charge in [0.05, 0.1) is 23.3 Å². The summed E-state index contributed by atoms with van der Waals surface area (Å²) in [6, 6.07) is 0. The first kappa shape index (κ1) is 10.7. The van der Waals surface area contributed by atoms with Crippen molar-refractivity contribution >= 4 is 15.7 Å². The molecule has 0 fully saturated rings. The fraction of sp³-hybridized carbons (Fsp3) is 0.250. The van der Waals surface area contributed by atoms with Crippen LogP contribution in [0.1, 0.15) is 11.4 Å². The molecule has 0 spiro atoms. The number of aromatic amines is 2.